The van der Waals surface area contributed by atoms with Crippen LogP contribution in [0.15, 0.2) is 36.5 Å². The van der Waals surface area contributed by atoms with Crippen molar-refractivity contribution >= 4 is 23.5 Å². The summed E-state index contributed by atoms with van der Waals surface area (Å²) >= 11 is 0. The Bertz CT molecular complexity index is 956. The molecule has 0 amide bonds. The van der Waals surface area contributed by atoms with Gasteiger partial charge in [-0.05, 0) is 30.3 Å². The summed E-state index contributed by atoms with van der Waals surface area (Å²) in [6, 6.07) is 10.4. The number of benzene rings is 1. The van der Waals surface area contributed by atoms with Gasteiger partial charge in [-0.1, -0.05) is 0 Å². The number of ether oxygens (including phenoxy) is 1. The highest BCUT2D eigenvalue weighted by molar-refractivity contribution is 5.72. The molecule has 0 radical (unpaired) electrons. The molecule has 2 saturated heterocycles. The van der Waals surface area contributed by atoms with Gasteiger partial charge in [-0.25, -0.2) is 9.37 Å². The number of nitriles is 1. The van der Waals surface area contributed by atoms with E-state index in [9.17, 15) is 14.3 Å². The molecule has 2 fully saturated rings. The number of halogens is 1. The standard InChI is InChI=1S/C21H22FN5O3/c22-18-11-17(27-9-10-30-21(27,14-28)15-29)2-3-19(18)25-5-7-26(8-6-25)20-4-1-16(12-23)13-24-20/h1-4,11,13-14,29H,5-10,15H2. The maximum atomic E-state index is 14.9. The van der Waals surface area contributed by atoms with Crippen LogP contribution in [0, 0.1) is 17.1 Å². The van der Waals surface area contributed by atoms with Crippen molar-refractivity contribution in [3.05, 3.63) is 47.9 Å². The van der Waals surface area contributed by atoms with Gasteiger partial charge in [0.2, 0.25) is 5.72 Å². The minimum Gasteiger partial charge on any atom is -0.391 e. The Balaban J connectivity index is 1.45. The topological polar surface area (TPSA) is 92.9 Å². The minimum absolute atomic E-state index is 0.286. The molecule has 2 aliphatic rings. The molecule has 156 valence electrons. The van der Waals surface area contributed by atoms with Crippen LogP contribution in [-0.2, 0) is 9.53 Å². The van der Waals surface area contributed by atoms with E-state index in [-0.39, 0.29) is 12.4 Å². The molecule has 4 rings (SSSR count). The number of nitrogens with zero attached hydrogens (tertiary/aromatic N) is 5. The third-order valence-corrected chi connectivity index (χ3v) is 5.60. The van der Waals surface area contributed by atoms with E-state index < -0.39 is 12.3 Å². The molecular formula is C21H22FN5O3. The van der Waals surface area contributed by atoms with Crippen LogP contribution < -0.4 is 14.7 Å². The summed E-state index contributed by atoms with van der Waals surface area (Å²) in [5.41, 5.74) is 0.0540. The molecule has 9 heteroatoms. The van der Waals surface area contributed by atoms with Gasteiger partial charge < -0.3 is 24.5 Å². The van der Waals surface area contributed by atoms with E-state index in [1.54, 1.807) is 29.3 Å². The van der Waals surface area contributed by atoms with E-state index in [1.807, 2.05) is 11.0 Å². The Morgan fingerprint density at radius 3 is 2.57 bits per heavy atom. The molecule has 1 aromatic carbocycles. The van der Waals surface area contributed by atoms with Gasteiger partial charge in [0.15, 0.2) is 6.29 Å². The van der Waals surface area contributed by atoms with Gasteiger partial charge in [-0.2, -0.15) is 5.26 Å². The van der Waals surface area contributed by atoms with Gasteiger partial charge in [0.05, 0.1) is 24.5 Å². The first-order valence-electron chi connectivity index (χ1n) is 9.74. The Morgan fingerprint density at radius 1 is 1.20 bits per heavy atom. The Kier molecular flexibility index (Phi) is 5.53. The Morgan fingerprint density at radius 2 is 1.97 bits per heavy atom. The molecule has 1 N–H and O–H groups in total. The van der Waals surface area contributed by atoms with E-state index in [0.29, 0.717) is 55.9 Å². The second-order valence-corrected chi connectivity index (χ2v) is 7.25. The van der Waals surface area contributed by atoms with Gasteiger partial charge in [0, 0.05) is 44.6 Å². The van der Waals surface area contributed by atoms with E-state index in [0.717, 1.165) is 5.82 Å². The molecule has 3 heterocycles. The largest absolute Gasteiger partial charge is 0.391 e. The highest BCUT2D eigenvalue weighted by Crippen LogP contribution is 2.32. The number of rotatable bonds is 5. The van der Waals surface area contributed by atoms with E-state index in [4.69, 9.17) is 10.00 Å². The SMILES string of the molecule is N#Cc1ccc(N2CCN(c3ccc(N4CCOC4(C=O)CO)cc3F)CC2)nc1. The van der Waals surface area contributed by atoms with Crippen LogP contribution >= 0.6 is 0 Å². The maximum Gasteiger partial charge on any atom is 0.221 e. The number of carbonyl (C=O) groups is 1. The summed E-state index contributed by atoms with van der Waals surface area (Å²) in [7, 11) is 0. The molecule has 0 saturated carbocycles. The second-order valence-electron chi connectivity index (χ2n) is 7.25. The average Bonchev–Trinajstić information content (AvgIpc) is 3.24. The van der Waals surface area contributed by atoms with Gasteiger partial charge >= 0.3 is 0 Å². The summed E-state index contributed by atoms with van der Waals surface area (Å²) in [5.74, 6) is 0.412. The lowest BCUT2D eigenvalue weighted by molar-refractivity contribution is -0.129. The highest BCUT2D eigenvalue weighted by Gasteiger charge is 2.42. The summed E-state index contributed by atoms with van der Waals surface area (Å²) < 4.78 is 20.3. The molecule has 0 aliphatic carbocycles. The summed E-state index contributed by atoms with van der Waals surface area (Å²) in [6.07, 6.45) is 2.11. The molecule has 0 bridgehead atoms. The van der Waals surface area contributed by atoms with Crippen LogP contribution in [0.5, 0.6) is 0 Å². The van der Waals surface area contributed by atoms with Crippen LogP contribution in [0.1, 0.15) is 5.56 Å². The van der Waals surface area contributed by atoms with Crippen molar-refractivity contribution in [2.75, 3.05) is 60.6 Å². The predicted molar refractivity (Wildman–Crippen MR) is 109 cm³/mol. The zero-order valence-corrected chi connectivity index (χ0v) is 16.4. The lowest BCUT2D eigenvalue weighted by Gasteiger charge is -2.37. The third-order valence-electron chi connectivity index (χ3n) is 5.60. The number of aliphatic hydroxyl groups excluding tert-OH is 1. The summed E-state index contributed by atoms with van der Waals surface area (Å²) in [6.45, 7) is 2.80. The number of pyridine rings is 1. The molecule has 0 spiro atoms. The van der Waals surface area contributed by atoms with Crippen molar-refractivity contribution in [3.63, 3.8) is 0 Å². The monoisotopic (exact) mass is 411 g/mol. The van der Waals surface area contributed by atoms with E-state index in [1.165, 1.54) is 6.07 Å². The Hall–Kier alpha value is -3.22. The number of aromatic nitrogens is 1. The average molecular weight is 411 g/mol. The fraction of sp³-hybridized carbons (Fsp3) is 0.381. The maximum absolute atomic E-state index is 14.9. The number of carbonyl (C=O) groups excluding carboxylic acids is 1. The highest BCUT2D eigenvalue weighted by atomic mass is 19.1. The van der Waals surface area contributed by atoms with Gasteiger partial charge in [0.1, 0.15) is 17.7 Å². The summed E-state index contributed by atoms with van der Waals surface area (Å²) in [5, 5.41) is 18.5. The lowest BCUT2D eigenvalue weighted by Crippen LogP contribution is -2.50. The van der Waals surface area contributed by atoms with Crippen LogP contribution in [0.4, 0.5) is 21.6 Å². The number of anilines is 3. The molecule has 2 aromatic rings. The molecule has 30 heavy (non-hydrogen) atoms. The fourth-order valence-electron chi connectivity index (χ4n) is 3.93. The van der Waals surface area contributed by atoms with Crippen LogP contribution in [0.25, 0.3) is 0 Å². The number of aliphatic hydroxyl groups is 1. The zero-order valence-electron chi connectivity index (χ0n) is 16.4. The number of piperazine rings is 1. The molecule has 8 nitrogen and oxygen atoms in total. The van der Waals surface area contributed by atoms with E-state index >= 15 is 0 Å². The normalized spacial score (nSPS) is 21.6. The van der Waals surface area contributed by atoms with Crippen LogP contribution in [-0.4, -0.2) is 68.0 Å². The lowest BCUT2D eigenvalue weighted by atomic mass is 10.1. The minimum atomic E-state index is -1.45. The predicted octanol–water partition coefficient (Wildman–Crippen LogP) is 1.14. The van der Waals surface area contributed by atoms with Crippen molar-refractivity contribution in [1.82, 2.24) is 4.98 Å². The first-order valence-corrected chi connectivity index (χ1v) is 9.74. The molecular weight excluding hydrogens is 389 g/mol. The third kappa shape index (κ3) is 3.56. The van der Waals surface area contributed by atoms with Gasteiger partial charge in [0.25, 0.3) is 0 Å². The summed E-state index contributed by atoms with van der Waals surface area (Å²) in [4.78, 5) is 21.4. The Labute approximate surface area is 173 Å². The fourth-order valence-corrected chi connectivity index (χ4v) is 3.93. The van der Waals surface area contributed by atoms with Crippen molar-refractivity contribution in [2.45, 2.75) is 5.72 Å². The van der Waals surface area contributed by atoms with Crippen LogP contribution in [0.3, 0.4) is 0 Å². The van der Waals surface area contributed by atoms with Crippen LogP contribution in [0.2, 0.25) is 0 Å². The molecule has 1 aromatic heterocycles. The van der Waals surface area contributed by atoms with Gasteiger partial charge in [-0.3, -0.25) is 4.79 Å². The molecule has 2 aliphatic heterocycles. The number of hydrogen-bond acceptors (Lipinski definition) is 8. The zero-order chi connectivity index (χ0) is 21.1. The molecule has 1 atom stereocenters. The molecule has 1 unspecified atom stereocenters. The van der Waals surface area contributed by atoms with Crippen molar-refractivity contribution in [2.24, 2.45) is 0 Å². The second kappa shape index (κ2) is 8.26. The smallest absolute Gasteiger partial charge is 0.221 e. The number of hydrogen-bond donors (Lipinski definition) is 1. The van der Waals surface area contributed by atoms with Gasteiger partial charge in [-0.15, -0.1) is 0 Å². The quantitative estimate of drug-likeness (QED) is 0.733. The first kappa shape index (κ1) is 20.1. The van der Waals surface area contributed by atoms with Crippen molar-refractivity contribution in [3.8, 4) is 6.07 Å². The van der Waals surface area contributed by atoms with Crippen molar-refractivity contribution < 1.29 is 19.0 Å². The number of aldehydes is 1. The van der Waals surface area contributed by atoms with E-state index in [2.05, 4.69) is 16.0 Å². The first-order chi connectivity index (χ1) is 14.6. The van der Waals surface area contributed by atoms with Crippen molar-refractivity contribution in [1.29, 1.82) is 5.26 Å².